The van der Waals surface area contributed by atoms with E-state index in [9.17, 15) is 15.0 Å². The normalized spacial score (nSPS) is 35.7. The van der Waals surface area contributed by atoms with Crippen molar-refractivity contribution in [3.63, 3.8) is 0 Å². The van der Waals surface area contributed by atoms with Gasteiger partial charge >= 0.3 is 0 Å². The molecule has 1 aromatic rings. The van der Waals surface area contributed by atoms with E-state index in [-0.39, 0.29) is 17.6 Å². The van der Waals surface area contributed by atoms with Crippen LogP contribution in [0.15, 0.2) is 18.2 Å². The number of aliphatic hydroxyl groups is 1. The lowest BCUT2D eigenvalue weighted by molar-refractivity contribution is -0.148. The quantitative estimate of drug-likeness (QED) is 0.894. The number of aromatic hydroxyl groups is 1. The van der Waals surface area contributed by atoms with Crippen LogP contribution >= 0.6 is 0 Å². The topological polar surface area (TPSA) is 60.8 Å². The second-order valence-electron chi connectivity index (χ2n) is 8.42. The molecule has 0 heterocycles. The Labute approximate surface area is 143 Å². The Balaban J connectivity index is 1.80. The van der Waals surface area contributed by atoms with E-state index < -0.39 is 11.0 Å². The lowest BCUT2D eigenvalue weighted by atomic mass is 9.53. The first-order valence-corrected chi connectivity index (χ1v) is 9.10. The Morgan fingerprint density at radius 1 is 1.33 bits per heavy atom. The van der Waals surface area contributed by atoms with Gasteiger partial charge in [-0.1, -0.05) is 13.0 Å². The van der Waals surface area contributed by atoms with Crippen LogP contribution in [0.3, 0.4) is 0 Å². The van der Waals surface area contributed by atoms with Crippen molar-refractivity contribution in [2.24, 2.45) is 5.92 Å². The number of benzene rings is 1. The first-order chi connectivity index (χ1) is 11.3. The fraction of sp³-hybridized carbons (Fsp3) is 0.650. The third kappa shape index (κ3) is 2.31. The van der Waals surface area contributed by atoms with Gasteiger partial charge in [-0.05, 0) is 61.9 Å². The molecule has 3 atom stereocenters. The number of carbonyl (C=O) groups excluding carboxylic acids is 1. The summed E-state index contributed by atoms with van der Waals surface area (Å²) in [6, 6.07) is 5.46. The molecule has 0 spiro atoms. The molecule has 0 bridgehead atoms. The molecule has 4 nitrogen and oxygen atoms in total. The molecule has 0 radical (unpaired) electrons. The zero-order valence-electron chi connectivity index (χ0n) is 14.6. The first kappa shape index (κ1) is 16.1. The summed E-state index contributed by atoms with van der Waals surface area (Å²) >= 11 is 0. The number of carbonyl (C=O) groups is 1. The predicted molar refractivity (Wildman–Crippen MR) is 92.1 cm³/mol. The van der Waals surface area contributed by atoms with Gasteiger partial charge in [0.2, 0.25) is 0 Å². The van der Waals surface area contributed by atoms with Crippen molar-refractivity contribution in [3.8, 4) is 5.75 Å². The van der Waals surface area contributed by atoms with E-state index in [4.69, 9.17) is 0 Å². The number of phenolic OH excluding ortho intramolecular Hbond substituents is 1. The maximum absolute atomic E-state index is 12.2. The fourth-order valence-electron chi connectivity index (χ4n) is 5.09. The highest BCUT2D eigenvalue weighted by Crippen LogP contribution is 2.53. The number of likely N-dealkylation sites (N-methyl/N-ethyl adjacent to an activating group) is 1. The molecule has 3 aliphatic rings. The molecule has 0 saturated heterocycles. The van der Waals surface area contributed by atoms with E-state index in [1.54, 1.807) is 12.1 Å². The van der Waals surface area contributed by atoms with Crippen molar-refractivity contribution in [2.75, 3.05) is 13.6 Å². The van der Waals surface area contributed by atoms with Crippen LogP contribution in [-0.2, 0) is 16.6 Å². The van der Waals surface area contributed by atoms with E-state index >= 15 is 0 Å². The number of hydrogen-bond donors (Lipinski definition) is 2. The second kappa shape index (κ2) is 5.30. The monoisotopic (exact) mass is 329 g/mol. The molecule has 3 aliphatic carbocycles. The number of nitrogens with zero attached hydrogens (tertiary/aromatic N) is 1. The average molecular weight is 329 g/mol. The standard InChI is InChI=1S/C20H27NO3/c1-19-11-16(23)7-8-20(19,24)18(21(2)12-13-3-4-13)9-14-5-6-15(22)10-17(14)19/h5-6,10,13,18,22,24H,3-4,7-9,11-12H2,1-2H3/t18-,19?,20-/m1/s1. The fourth-order valence-corrected chi connectivity index (χ4v) is 5.09. The molecule has 4 rings (SSSR count). The van der Waals surface area contributed by atoms with Crippen LogP contribution < -0.4 is 0 Å². The summed E-state index contributed by atoms with van der Waals surface area (Å²) in [4.78, 5) is 14.6. The summed E-state index contributed by atoms with van der Waals surface area (Å²) in [5, 5.41) is 21.8. The molecule has 0 amide bonds. The SMILES string of the molecule is CN(CC1CC1)[C@@H]1Cc2ccc(O)cc2C2(C)CC(=O)CC[C@@]12O. The van der Waals surface area contributed by atoms with Crippen LogP contribution in [0.2, 0.25) is 0 Å². The average Bonchev–Trinajstić information content (AvgIpc) is 3.33. The van der Waals surface area contributed by atoms with Gasteiger partial charge in [-0.25, -0.2) is 0 Å². The van der Waals surface area contributed by atoms with Crippen molar-refractivity contribution < 1.29 is 15.0 Å². The largest absolute Gasteiger partial charge is 0.508 e. The molecule has 2 N–H and O–H groups in total. The number of ketones is 1. The summed E-state index contributed by atoms with van der Waals surface area (Å²) in [7, 11) is 2.11. The maximum Gasteiger partial charge on any atom is 0.134 e. The van der Waals surface area contributed by atoms with Gasteiger partial charge in [-0.2, -0.15) is 0 Å². The summed E-state index contributed by atoms with van der Waals surface area (Å²) in [6.07, 6.45) is 4.67. The highest BCUT2D eigenvalue weighted by molar-refractivity contribution is 5.82. The summed E-state index contributed by atoms with van der Waals surface area (Å²) in [5.74, 6) is 1.18. The Hall–Kier alpha value is -1.39. The summed E-state index contributed by atoms with van der Waals surface area (Å²) in [5.41, 5.74) is 0.555. The zero-order valence-corrected chi connectivity index (χ0v) is 14.6. The van der Waals surface area contributed by atoms with Crippen molar-refractivity contribution in [3.05, 3.63) is 29.3 Å². The van der Waals surface area contributed by atoms with Gasteiger partial charge in [0.05, 0.1) is 5.60 Å². The van der Waals surface area contributed by atoms with Crippen LogP contribution in [0.25, 0.3) is 0 Å². The van der Waals surface area contributed by atoms with Crippen LogP contribution in [0.1, 0.15) is 50.2 Å². The van der Waals surface area contributed by atoms with Gasteiger partial charge in [-0.3, -0.25) is 9.69 Å². The van der Waals surface area contributed by atoms with Crippen LogP contribution in [0, 0.1) is 5.92 Å². The van der Waals surface area contributed by atoms with E-state index in [1.807, 2.05) is 13.0 Å². The molecule has 4 heteroatoms. The molecule has 130 valence electrons. The molecule has 2 fully saturated rings. The van der Waals surface area contributed by atoms with Crippen molar-refractivity contribution >= 4 is 5.78 Å². The van der Waals surface area contributed by atoms with E-state index in [2.05, 4.69) is 11.9 Å². The van der Waals surface area contributed by atoms with Crippen LogP contribution in [0.4, 0.5) is 0 Å². The van der Waals surface area contributed by atoms with Crippen molar-refractivity contribution in [2.45, 2.75) is 62.5 Å². The lowest BCUT2D eigenvalue weighted by Gasteiger charge is -2.58. The molecular formula is C20H27NO3. The second-order valence-corrected chi connectivity index (χ2v) is 8.42. The third-order valence-electron chi connectivity index (χ3n) is 6.72. The Morgan fingerprint density at radius 3 is 2.79 bits per heavy atom. The van der Waals surface area contributed by atoms with Gasteiger partial charge in [-0.15, -0.1) is 0 Å². The molecule has 1 aromatic carbocycles. The van der Waals surface area contributed by atoms with Gasteiger partial charge in [0.1, 0.15) is 11.5 Å². The number of phenols is 1. The molecule has 0 aromatic heterocycles. The Bertz CT molecular complexity index is 683. The number of hydrogen-bond acceptors (Lipinski definition) is 4. The minimum absolute atomic E-state index is 0.0215. The number of Topliss-reactive ketones (excluding diaryl/α,β-unsaturated/α-hetero) is 1. The molecule has 0 aliphatic heterocycles. The smallest absolute Gasteiger partial charge is 0.134 e. The maximum atomic E-state index is 12.2. The minimum atomic E-state index is -0.925. The van der Waals surface area contributed by atoms with Crippen LogP contribution in [0.5, 0.6) is 5.75 Å². The number of rotatable bonds is 3. The van der Waals surface area contributed by atoms with Gasteiger partial charge < -0.3 is 10.2 Å². The first-order valence-electron chi connectivity index (χ1n) is 9.10. The van der Waals surface area contributed by atoms with E-state index in [0.717, 1.165) is 30.0 Å². The van der Waals surface area contributed by atoms with E-state index in [1.165, 1.54) is 12.8 Å². The molecule has 24 heavy (non-hydrogen) atoms. The highest BCUT2D eigenvalue weighted by Gasteiger charge is 2.60. The minimum Gasteiger partial charge on any atom is -0.508 e. The summed E-state index contributed by atoms with van der Waals surface area (Å²) in [6.45, 7) is 3.03. The predicted octanol–water partition coefficient (Wildman–Crippen LogP) is 2.40. The molecular weight excluding hydrogens is 302 g/mol. The zero-order chi connectivity index (χ0) is 17.1. The van der Waals surface area contributed by atoms with Gasteiger partial charge in [0, 0.05) is 30.8 Å². The lowest BCUT2D eigenvalue weighted by Crippen LogP contribution is -2.68. The van der Waals surface area contributed by atoms with Crippen molar-refractivity contribution in [1.29, 1.82) is 0 Å². The summed E-state index contributed by atoms with van der Waals surface area (Å²) < 4.78 is 0. The van der Waals surface area contributed by atoms with E-state index in [0.29, 0.717) is 19.3 Å². The van der Waals surface area contributed by atoms with Gasteiger partial charge in [0.15, 0.2) is 0 Å². The number of fused-ring (bicyclic) bond motifs is 3. The van der Waals surface area contributed by atoms with Gasteiger partial charge in [0.25, 0.3) is 0 Å². The molecule has 1 unspecified atom stereocenters. The Morgan fingerprint density at radius 2 is 2.08 bits per heavy atom. The Kier molecular flexibility index (Phi) is 3.56. The molecule has 2 saturated carbocycles. The van der Waals surface area contributed by atoms with Crippen molar-refractivity contribution in [1.82, 2.24) is 4.90 Å². The van der Waals surface area contributed by atoms with Crippen LogP contribution in [-0.4, -0.2) is 46.1 Å². The highest BCUT2D eigenvalue weighted by atomic mass is 16.3. The third-order valence-corrected chi connectivity index (χ3v) is 6.72.